The number of anilines is 2. The van der Waals surface area contributed by atoms with E-state index in [-0.39, 0.29) is 0 Å². The molecule has 1 aliphatic heterocycles. The number of rotatable bonds is 2. The number of hydrogen-bond acceptors (Lipinski definition) is 3. The van der Waals surface area contributed by atoms with Gasteiger partial charge in [-0.3, -0.25) is 0 Å². The van der Waals surface area contributed by atoms with Gasteiger partial charge in [0.05, 0.1) is 18.5 Å². The summed E-state index contributed by atoms with van der Waals surface area (Å²) in [6.45, 7) is 1.15. The zero-order valence-corrected chi connectivity index (χ0v) is 11.1. The quantitative estimate of drug-likeness (QED) is 0.815. The van der Waals surface area contributed by atoms with Crippen LogP contribution in [0.3, 0.4) is 0 Å². The van der Waals surface area contributed by atoms with Gasteiger partial charge in [-0.05, 0) is 43.7 Å². The molecule has 3 rings (SSSR count). The van der Waals surface area contributed by atoms with Gasteiger partial charge in [0, 0.05) is 18.7 Å². The number of nitrogens with two attached hydrogens (primary N) is 1. The van der Waals surface area contributed by atoms with Gasteiger partial charge < -0.3 is 15.4 Å². The molecule has 1 aromatic carbocycles. The van der Waals surface area contributed by atoms with Gasteiger partial charge in [0.25, 0.3) is 0 Å². The summed E-state index contributed by atoms with van der Waals surface area (Å²) in [7, 11) is 1.68. The molecule has 1 aliphatic carbocycles. The fraction of sp³-hybridized carbons (Fsp3) is 0.600. The van der Waals surface area contributed by atoms with Gasteiger partial charge in [-0.1, -0.05) is 6.42 Å². The summed E-state index contributed by atoms with van der Waals surface area (Å²) in [4.78, 5) is 2.54. The Bertz CT molecular complexity index is 433. The van der Waals surface area contributed by atoms with E-state index in [2.05, 4.69) is 11.0 Å². The topological polar surface area (TPSA) is 38.5 Å². The average molecular weight is 246 g/mol. The molecule has 0 spiro atoms. The largest absolute Gasteiger partial charge is 0.497 e. The van der Waals surface area contributed by atoms with E-state index in [1.807, 2.05) is 12.1 Å². The lowest BCUT2D eigenvalue weighted by Crippen LogP contribution is -2.42. The fourth-order valence-corrected chi connectivity index (χ4v) is 3.67. The molecule has 0 amide bonds. The van der Waals surface area contributed by atoms with Crippen LogP contribution in [-0.2, 0) is 0 Å². The smallest absolute Gasteiger partial charge is 0.121 e. The van der Waals surface area contributed by atoms with Crippen LogP contribution in [-0.4, -0.2) is 19.7 Å². The third-order valence-corrected chi connectivity index (χ3v) is 4.54. The lowest BCUT2D eigenvalue weighted by atomic mass is 9.91. The Morgan fingerprint density at radius 3 is 2.83 bits per heavy atom. The van der Waals surface area contributed by atoms with E-state index in [9.17, 15) is 0 Å². The third-order valence-electron chi connectivity index (χ3n) is 4.54. The van der Waals surface area contributed by atoms with Crippen LogP contribution in [0.25, 0.3) is 0 Å². The first-order valence-electron chi connectivity index (χ1n) is 7.00. The van der Waals surface area contributed by atoms with Crippen molar-refractivity contribution >= 4 is 11.4 Å². The molecule has 0 aromatic heterocycles. The second-order valence-electron chi connectivity index (χ2n) is 5.52. The van der Waals surface area contributed by atoms with Crippen LogP contribution >= 0.6 is 0 Å². The lowest BCUT2D eigenvalue weighted by molar-refractivity contribution is 0.362. The van der Waals surface area contributed by atoms with Crippen LogP contribution in [0, 0.1) is 5.92 Å². The van der Waals surface area contributed by atoms with Gasteiger partial charge >= 0.3 is 0 Å². The van der Waals surface area contributed by atoms with Crippen molar-refractivity contribution in [2.75, 3.05) is 24.3 Å². The highest BCUT2D eigenvalue weighted by atomic mass is 16.5. The number of fused-ring (bicyclic) bond motifs is 1. The first-order valence-corrected chi connectivity index (χ1v) is 7.00. The summed E-state index contributed by atoms with van der Waals surface area (Å²) < 4.78 is 5.23. The van der Waals surface area contributed by atoms with Crippen molar-refractivity contribution in [3.05, 3.63) is 18.2 Å². The summed E-state index contributed by atoms with van der Waals surface area (Å²) in [5, 5.41) is 0. The van der Waals surface area contributed by atoms with Crippen molar-refractivity contribution in [3.8, 4) is 5.75 Å². The van der Waals surface area contributed by atoms with Crippen LogP contribution in [0.5, 0.6) is 5.75 Å². The highest BCUT2D eigenvalue weighted by molar-refractivity contribution is 5.70. The highest BCUT2D eigenvalue weighted by Crippen LogP contribution is 2.41. The van der Waals surface area contributed by atoms with E-state index in [1.165, 1.54) is 37.8 Å². The summed E-state index contributed by atoms with van der Waals surface area (Å²) >= 11 is 0. The molecule has 3 heteroatoms. The van der Waals surface area contributed by atoms with Gasteiger partial charge in [-0.15, -0.1) is 0 Å². The number of methoxy groups -OCH3 is 1. The van der Waals surface area contributed by atoms with Crippen LogP contribution in [0.15, 0.2) is 18.2 Å². The Morgan fingerprint density at radius 2 is 2.06 bits per heavy atom. The van der Waals surface area contributed by atoms with Gasteiger partial charge in [-0.25, -0.2) is 0 Å². The van der Waals surface area contributed by atoms with Crippen molar-refractivity contribution in [1.82, 2.24) is 0 Å². The molecular formula is C15H22N2O. The van der Waals surface area contributed by atoms with E-state index in [0.717, 1.165) is 29.9 Å². The number of nitrogens with zero attached hydrogens (tertiary/aromatic N) is 1. The van der Waals surface area contributed by atoms with Crippen molar-refractivity contribution in [1.29, 1.82) is 0 Å². The number of ether oxygens (including phenoxy) is 1. The first kappa shape index (κ1) is 11.7. The number of piperidine rings is 1. The maximum atomic E-state index is 6.19. The molecule has 2 unspecified atom stereocenters. The minimum absolute atomic E-state index is 0.717. The van der Waals surface area contributed by atoms with Crippen molar-refractivity contribution in [3.63, 3.8) is 0 Å². The summed E-state index contributed by atoms with van der Waals surface area (Å²) in [5.74, 6) is 1.73. The van der Waals surface area contributed by atoms with Crippen molar-refractivity contribution < 1.29 is 4.74 Å². The van der Waals surface area contributed by atoms with Crippen molar-refractivity contribution in [2.24, 2.45) is 5.92 Å². The molecule has 1 heterocycles. The van der Waals surface area contributed by atoms with E-state index in [1.54, 1.807) is 7.11 Å². The molecule has 3 nitrogen and oxygen atoms in total. The van der Waals surface area contributed by atoms with Crippen LogP contribution in [0.4, 0.5) is 11.4 Å². The molecule has 1 saturated heterocycles. The zero-order valence-electron chi connectivity index (χ0n) is 11.1. The molecule has 2 aliphatic rings. The maximum Gasteiger partial charge on any atom is 0.121 e. The molecule has 2 fully saturated rings. The molecule has 1 saturated carbocycles. The number of benzene rings is 1. The van der Waals surface area contributed by atoms with Gasteiger partial charge in [0.1, 0.15) is 5.75 Å². The fourth-order valence-electron chi connectivity index (χ4n) is 3.67. The molecule has 98 valence electrons. The SMILES string of the molecule is COc1ccc(N2CCCC3CCCC32)c(N)c1. The standard InChI is InChI=1S/C15H22N2O/c1-18-12-7-8-15(13(16)10-12)17-9-3-5-11-4-2-6-14(11)17/h7-8,10-11,14H,2-6,9,16H2,1H3. The molecule has 0 radical (unpaired) electrons. The lowest BCUT2D eigenvalue weighted by Gasteiger charge is -2.40. The minimum Gasteiger partial charge on any atom is -0.497 e. The zero-order chi connectivity index (χ0) is 12.5. The van der Waals surface area contributed by atoms with Gasteiger partial charge in [-0.2, -0.15) is 0 Å². The van der Waals surface area contributed by atoms with E-state index in [4.69, 9.17) is 10.5 Å². The summed E-state index contributed by atoms with van der Waals surface area (Å²) in [6, 6.07) is 6.79. The minimum atomic E-state index is 0.717. The second-order valence-corrected chi connectivity index (χ2v) is 5.52. The van der Waals surface area contributed by atoms with Crippen LogP contribution in [0.2, 0.25) is 0 Å². The number of nitrogen functional groups attached to an aromatic ring is 1. The summed E-state index contributed by atoms with van der Waals surface area (Å²) in [5.41, 5.74) is 8.24. The Morgan fingerprint density at radius 1 is 1.22 bits per heavy atom. The molecule has 18 heavy (non-hydrogen) atoms. The normalized spacial score (nSPS) is 27.1. The number of hydrogen-bond donors (Lipinski definition) is 1. The van der Waals surface area contributed by atoms with E-state index < -0.39 is 0 Å². The third kappa shape index (κ3) is 1.92. The summed E-state index contributed by atoms with van der Waals surface area (Å²) in [6.07, 6.45) is 6.80. The highest BCUT2D eigenvalue weighted by Gasteiger charge is 2.35. The Labute approximate surface area is 109 Å². The average Bonchev–Trinajstić information content (AvgIpc) is 2.87. The molecule has 2 N–H and O–H groups in total. The Hall–Kier alpha value is -1.38. The second kappa shape index (κ2) is 4.71. The van der Waals surface area contributed by atoms with Crippen LogP contribution < -0.4 is 15.4 Å². The van der Waals surface area contributed by atoms with E-state index in [0.29, 0.717) is 0 Å². The van der Waals surface area contributed by atoms with E-state index >= 15 is 0 Å². The van der Waals surface area contributed by atoms with Crippen molar-refractivity contribution in [2.45, 2.75) is 38.1 Å². The maximum absolute atomic E-state index is 6.19. The predicted octanol–water partition coefficient (Wildman–Crippen LogP) is 3.05. The molecule has 0 bridgehead atoms. The monoisotopic (exact) mass is 246 g/mol. The Kier molecular flexibility index (Phi) is 3.06. The molecular weight excluding hydrogens is 224 g/mol. The molecule has 2 atom stereocenters. The predicted molar refractivity (Wildman–Crippen MR) is 75.1 cm³/mol. The first-order chi connectivity index (χ1) is 8.79. The van der Waals surface area contributed by atoms with Crippen LogP contribution in [0.1, 0.15) is 32.1 Å². The molecule has 1 aromatic rings. The van der Waals surface area contributed by atoms with Gasteiger partial charge in [0.15, 0.2) is 0 Å². The van der Waals surface area contributed by atoms with Gasteiger partial charge in [0.2, 0.25) is 0 Å². The Balaban J connectivity index is 1.89.